The van der Waals surface area contributed by atoms with E-state index in [-0.39, 0.29) is 17.4 Å². The standard InChI is InChI=1S/C23H33N5O5/c29-20(6-5-16-7-10-24-11-8-16)28-12-2-4-18(15-28)23(33)27-19(13-21(30)31)26-22(32)17-3-1-9-25-14-17/h1,3,9,14,16,18-19,24H,2,4-8,10-13,15H2,(H,26,32)(H,27,33)(H,30,31)/t18-,19-/m1/s1. The zero-order valence-electron chi connectivity index (χ0n) is 18.8. The zero-order valence-corrected chi connectivity index (χ0v) is 18.8. The van der Waals surface area contributed by atoms with Crippen LogP contribution in [-0.4, -0.2) is 71.0 Å². The van der Waals surface area contributed by atoms with Gasteiger partial charge in [0, 0.05) is 31.9 Å². The highest BCUT2D eigenvalue weighted by Gasteiger charge is 2.30. The number of aliphatic carboxylic acids is 1. The number of nitrogens with zero attached hydrogens (tertiary/aromatic N) is 2. The summed E-state index contributed by atoms with van der Waals surface area (Å²) in [6.45, 7) is 2.94. The lowest BCUT2D eigenvalue weighted by Gasteiger charge is -2.33. The van der Waals surface area contributed by atoms with Gasteiger partial charge in [-0.15, -0.1) is 0 Å². The lowest BCUT2D eigenvalue weighted by molar-refractivity contribution is -0.138. The molecule has 3 rings (SSSR count). The molecule has 10 heteroatoms. The normalized spacial score (nSPS) is 20.0. The summed E-state index contributed by atoms with van der Waals surface area (Å²) >= 11 is 0. The molecule has 0 radical (unpaired) electrons. The van der Waals surface area contributed by atoms with Crippen molar-refractivity contribution in [3.8, 4) is 0 Å². The second kappa shape index (κ2) is 12.3. The largest absolute Gasteiger partial charge is 0.481 e. The van der Waals surface area contributed by atoms with Gasteiger partial charge in [0.15, 0.2) is 0 Å². The smallest absolute Gasteiger partial charge is 0.307 e. The molecular weight excluding hydrogens is 426 g/mol. The van der Waals surface area contributed by atoms with Gasteiger partial charge in [-0.25, -0.2) is 0 Å². The van der Waals surface area contributed by atoms with Gasteiger partial charge in [0.05, 0.1) is 17.9 Å². The first-order valence-corrected chi connectivity index (χ1v) is 11.6. The number of carboxylic acids is 1. The van der Waals surface area contributed by atoms with Gasteiger partial charge in [-0.05, 0) is 63.2 Å². The Kier molecular flexibility index (Phi) is 9.17. The highest BCUT2D eigenvalue weighted by Crippen LogP contribution is 2.21. The highest BCUT2D eigenvalue weighted by atomic mass is 16.4. The number of piperidine rings is 2. The molecule has 2 saturated heterocycles. The molecule has 2 atom stereocenters. The van der Waals surface area contributed by atoms with Crippen LogP contribution in [0, 0.1) is 11.8 Å². The summed E-state index contributed by atoms with van der Waals surface area (Å²) in [5.74, 6) is -1.83. The van der Waals surface area contributed by atoms with Gasteiger partial charge in [-0.2, -0.15) is 0 Å². The first-order valence-electron chi connectivity index (χ1n) is 11.6. The molecule has 2 fully saturated rings. The van der Waals surface area contributed by atoms with E-state index < -0.39 is 30.4 Å². The second-order valence-corrected chi connectivity index (χ2v) is 8.79. The van der Waals surface area contributed by atoms with Crippen LogP contribution in [0.15, 0.2) is 24.5 Å². The van der Waals surface area contributed by atoms with E-state index in [0.717, 1.165) is 32.4 Å². The fraction of sp³-hybridized carbons (Fsp3) is 0.609. The number of carboxylic acid groups (broad SMARTS) is 1. The molecule has 2 aliphatic heterocycles. The van der Waals surface area contributed by atoms with E-state index in [1.54, 1.807) is 17.0 Å². The number of hydrogen-bond acceptors (Lipinski definition) is 6. The molecule has 3 amide bonds. The van der Waals surface area contributed by atoms with Crippen molar-refractivity contribution in [3.05, 3.63) is 30.1 Å². The minimum Gasteiger partial charge on any atom is -0.481 e. The highest BCUT2D eigenvalue weighted by molar-refractivity contribution is 5.94. The van der Waals surface area contributed by atoms with Gasteiger partial charge in [-0.3, -0.25) is 24.2 Å². The van der Waals surface area contributed by atoms with E-state index in [1.165, 1.54) is 12.4 Å². The number of pyridine rings is 1. The predicted molar refractivity (Wildman–Crippen MR) is 120 cm³/mol. The molecule has 1 aromatic rings. The van der Waals surface area contributed by atoms with E-state index in [4.69, 9.17) is 0 Å². The van der Waals surface area contributed by atoms with Crippen LogP contribution >= 0.6 is 0 Å². The number of hydrogen-bond donors (Lipinski definition) is 4. The molecule has 0 bridgehead atoms. The summed E-state index contributed by atoms with van der Waals surface area (Å²) < 4.78 is 0. The van der Waals surface area contributed by atoms with Crippen molar-refractivity contribution < 1.29 is 24.3 Å². The molecule has 33 heavy (non-hydrogen) atoms. The minimum atomic E-state index is -1.15. The molecule has 2 aliphatic rings. The van der Waals surface area contributed by atoms with Crippen molar-refractivity contribution in [1.82, 2.24) is 25.8 Å². The lowest BCUT2D eigenvalue weighted by Crippen LogP contribution is -2.53. The SMILES string of the molecule is O=C(O)C[C@H](NC(=O)c1cccnc1)NC(=O)[C@@H]1CCCN(C(=O)CCC2CCNCC2)C1. The van der Waals surface area contributed by atoms with Gasteiger partial charge >= 0.3 is 5.97 Å². The lowest BCUT2D eigenvalue weighted by atomic mass is 9.92. The van der Waals surface area contributed by atoms with E-state index >= 15 is 0 Å². The van der Waals surface area contributed by atoms with Crippen LogP contribution in [0.3, 0.4) is 0 Å². The number of rotatable bonds is 9. The van der Waals surface area contributed by atoms with Crippen LogP contribution in [0.4, 0.5) is 0 Å². The molecule has 1 aromatic heterocycles. The molecule has 3 heterocycles. The van der Waals surface area contributed by atoms with E-state index in [1.807, 2.05) is 0 Å². The Bertz CT molecular complexity index is 828. The Hall–Kier alpha value is -3.01. The van der Waals surface area contributed by atoms with Crippen molar-refractivity contribution in [2.75, 3.05) is 26.2 Å². The quantitative estimate of drug-likeness (QED) is 0.399. The summed E-state index contributed by atoms with van der Waals surface area (Å²) in [6, 6.07) is 3.15. The van der Waals surface area contributed by atoms with Crippen molar-refractivity contribution in [3.63, 3.8) is 0 Å². The van der Waals surface area contributed by atoms with Gasteiger partial charge in [0.2, 0.25) is 11.8 Å². The number of likely N-dealkylation sites (tertiary alicyclic amines) is 1. The Balaban J connectivity index is 1.52. The number of carbonyl (C=O) groups excluding carboxylic acids is 3. The second-order valence-electron chi connectivity index (χ2n) is 8.79. The number of nitrogens with one attached hydrogen (secondary N) is 3. The molecule has 180 valence electrons. The fourth-order valence-electron chi connectivity index (χ4n) is 4.41. The Morgan fingerprint density at radius 2 is 1.97 bits per heavy atom. The average Bonchev–Trinajstić information content (AvgIpc) is 2.83. The van der Waals surface area contributed by atoms with Gasteiger partial charge < -0.3 is 26.0 Å². The number of carbonyl (C=O) groups is 4. The zero-order chi connectivity index (χ0) is 23.6. The number of aromatic nitrogens is 1. The van der Waals surface area contributed by atoms with Crippen LogP contribution in [0.25, 0.3) is 0 Å². The summed E-state index contributed by atoms with van der Waals surface area (Å²) in [4.78, 5) is 54.8. The summed E-state index contributed by atoms with van der Waals surface area (Å²) in [7, 11) is 0. The van der Waals surface area contributed by atoms with E-state index in [9.17, 15) is 24.3 Å². The maximum atomic E-state index is 12.9. The third-order valence-corrected chi connectivity index (χ3v) is 6.29. The number of amides is 3. The molecule has 10 nitrogen and oxygen atoms in total. The monoisotopic (exact) mass is 459 g/mol. The first-order chi connectivity index (χ1) is 15.9. The summed E-state index contributed by atoms with van der Waals surface area (Å²) in [6.07, 6.45) is 6.23. The summed E-state index contributed by atoms with van der Waals surface area (Å²) in [5, 5.41) is 17.7. The van der Waals surface area contributed by atoms with Crippen LogP contribution in [0.5, 0.6) is 0 Å². The third-order valence-electron chi connectivity index (χ3n) is 6.29. The predicted octanol–water partition coefficient (Wildman–Crippen LogP) is 0.747. The van der Waals surface area contributed by atoms with E-state index in [0.29, 0.717) is 38.3 Å². The van der Waals surface area contributed by atoms with E-state index in [2.05, 4.69) is 20.9 Å². The summed E-state index contributed by atoms with van der Waals surface area (Å²) in [5.41, 5.74) is 0.269. The third kappa shape index (κ3) is 7.81. The maximum Gasteiger partial charge on any atom is 0.307 e. The Morgan fingerprint density at radius 1 is 1.18 bits per heavy atom. The molecule has 0 spiro atoms. The molecular formula is C23H33N5O5. The van der Waals surface area contributed by atoms with Crippen molar-refractivity contribution in [2.45, 2.75) is 51.1 Å². The van der Waals surface area contributed by atoms with Crippen molar-refractivity contribution in [2.24, 2.45) is 11.8 Å². The Labute approximate surface area is 193 Å². The average molecular weight is 460 g/mol. The molecule has 0 saturated carbocycles. The molecule has 0 aliphatic carbocycles. The fourth-order valence-corrected chi connectivity index (χ4v) is 4.41. The molecule has 0 unspecified atom stereocenters. The Morgan fingerprint density at radius 3 is 2.67 bits per heavy atom. The van der Waals surface area contributed by atoms with Crippen LogP contribution in [0.2, 0.25) is 0 Å². The first kappa shape index (κ1) is 24.6. The minimum absolute atomic E-state index is 0.0676. The molecule has 0 aromatic carbocycles. The van der Waals surface area contributed by atoms with Crippen LogP contribution < -0.4 is 16.0 Å². The van der Waals surface area contributed by atoms with Crippen LogP contribution in [-0.2, 0) is 14.4 Å². The van der Waals surface area contributed by atoms with Crippen molar-refractivity contribution >= 4 is 23.7 Å². The topological polar surface area (TPSA) is 141 Å². The van der Waals surface area contributed by atoms with Gasteiger partial charge in [-0.1, -0.05) is 0 Å². The van der Waals surface area contributed by atoms with Crippen molar-refractivity contribution in [1.29, 1.82) is 0 Å². The maximum absolute atomic E-state index is 12.9. The molecule has 4 N–H and O–H groups in total. The van der Waals surface area contributed by atoms with Crippen LogP contribution in [0.1, 0.15) is 55.3 Å². The van der Waals surface area contributed by atoms with Gasteiger partial charge in [0.1, 0.15) is 6.17 Å². The van der Waals surface area contributed by atoms with Gasteiger partial charge in [0.25, 0.3) is 5.91 Å².